The molecule has 1 aliphatic carbocycles. The minimum atomic E-state index is -0.230. The van der Waals surface area contributed by atoms with Crippen molar-refractivity contribution in [1.82, 2.24) is 10.3 Å². The molecule has 1 atom stereocenters. The fourth-order valence-electron chi connectivity index (χ4n) is 3.89. The highest BCUT2D eigenvalue weighted by Crippen LogP contribution is 2.36. The number of nitrogens with zero attached hydrogens (tertiary/aromatic N) is 1. The minimum Gasteiger partial charge on any atom is -0.441 e. The van der Waals surface area contributed by atoms with Gasteiger partial charge in [0.15, 0.2) is 11.5 Å². The molecule has 6 heteroatoms. The molecule has 0 aliphatic heterocycles. The fourth-order valence-corrected chi connectivity index (χ4v) is 4.09. The van der Waals surface area contributed by atoms with Crippen LogP contribution in [0.2, 0.25) is 5.02 Å². The van der Waals surface area contributed by atoms with E-state index in [0.29, 0.717) is 28.1 Å². The molecule has 0 radical (unpaired) electrons. The Kier molecular flexibility index (Phi) is 5.03. The van der Waals surface area contributed by atoms with Gasteiger partial charge in [-0.2, -0.15) is 0 Å². The van der Waals surface area contributed by atoms with Gasteiger partial charge in [0.1, 0.15) is 5.52 Å². The molecule has 1 fully saturated rings. The summed E-state index contributed by atoms with van der Waals surface area (Å²) in [6.07, 6.45) is 4.63. The Hall–Kier alpha value is -2.53. The van der Waals surface area contributed by atoms with E-state index in [1.54, 1.807) is 6.92 Å². The first-order valence-corrected chi connectivity index (χ1v) is 9.66. The largest absolute Gasteiger partial charge is 0.441 e. The number of aromatic nitrogens is 1. The zero-order valence-electron chi connectivity index (χ0n) is 15.2. The van der Waals surface area contributed by atoms with Crippen molar-refractivity contribution in [2.75, 3.05) is 5.32 Å². The number of hydrogen-bond donors (Lipinski definition) is 2. The molecule has 2 aromatic carbocycles. The maximum absolute atomic E-state index is 12.7. The number of amides is 2. The van der Waals surface area contributed by atoms with Gasteiger partial charge < -0.3 is 15.1 Å². The molecule has 0 saturated heterocycles. The molecular weight excluding hydrogens is 362 g/mol. The average molecular weight is 384 g/mol. The molecule has 1 aliphatic rings. The van der Waals surface area contributed by atoms with Gasteiger partial charge in [-0.3, -0.25) is 0 Å². The zero-order chi connectivity index (χ0) is 18.8. The quantitative estimate of drug-likeness (QED) is 0.594. The van der Waals surface area contributed by atoms with Crippen LogP contribution in [-0.2, 0) is 0 Å². The fraction of sp³-hybridized carbons (Fsp3) is 0.333. The predicted molar refractivity (Wildman–Crippen MR) is 107 cm³/mol. The van der Waals surface area contributed by atoms with Crippen molar-refractivity contribution in [2.45, 2.75) is 38.6 Å². The van der Waals surface area contributed by atoms with Crippen molar-refractivity contribution in [3.63, 3.8) is 0 Å². The topological polar surface area (TPSA) is 67.2 Å². The number of fused-ring (bicyclic) bond motifs is 1. The number of benzene rings is 2. The van der Waals surface area contributed by atoms with Crippen LogP contribution in [-0.4, -0.2) is 11.0 Å². The van der Waals surface area contributed by atoms with Crippen molar-refractivity contribution in [1.29, 1.82) is 0 Å². The second kappa shape index (κ2) is 7.61. The van der Waals surface area contributed by atoms with Crippen molar-refractivity contribution < 1.29 is 9.21 Å². The molecule has 1 saturated carbocycles. The standard InChI is InChI=1S/C21H22ClN3O2/c1-13-23-18-12-17(9-10-19(18)27-13)24-21(26)25-20(14-5-2-3-6-14)15-7-4-8-16(22)11-15/h4,7-12,14,20H,2-3,5-6H2,1H3,(H2,24,25,26). The molecule has 2 amide bonds. The molecule has 3 aromatic rings. The van der Waals surface area contributed by atoms with Gasteiger partial charge >= 0.3 is 6.03 Å². The summed E-state index contributed by atoms with van der Waals surface area (Å²) in [6, 6.07) is 12.9. The van der Waals surface area contributed by atoms with Gasteiger partial charge in [0.05, 0.1) is 6.04 Å². The third-order valence-corrected chi connectivity index (χ3v) is 5.35. The highest BCUT2D eigenvalue weighted by Gasteiger charge is 2.28. The van der Waals surface area contributed by atoms with Gasteiger partial charge in [-0.05, 0) is 54.7 Å². The maximum atomic E-state index is 12.7. The van der Waals surface area contributed by atoms with Crippen LogP contribution >= 0.6 is 11.6 Å². The normalized spacial score (nSPS) is 15.8. The lowest BCUT2D eigenvalue weighted by molar-refractivity contribution is 0.242. The Bertz CT molecular complexity index is 963. The summed E-state index contributed by atoms with van der Waals surface area (Å²) in [5.74, 6) is 1.03. The minimum absolute atomic E-state index is 0.0516. The maximum Gasteiger partial charge on any atom is 0.319 e. The molecular formula is C21H22ClN3O2. The van der Waals surface area contributed by atoms with E-state index < -0.39 is 0 Å². The average Bonchev–Trinajstić information content (AvgIpc) is 3.28. The molecule has 5 nitrogen and oxygen atoms in total. The summed E-state index contributed by atoms with van der Waals surface area (Å²) in [5.41, 5.74) is 3.17. The molecule has 2 N–H and O–H groups in total. The second-order valence-electron chi connectivity index (χ2n) is 7.09. The van der Waals surface area contributed by atoms with Crippen LogP contribution in [0.1, 0.15) is 43.2 Å². The number of hydrogen-bond acceptors (Lipinski definition) is 3. The van der Waals surface area contributed by atoms with E-state index in [9.17, 15) is 4.79 Å². The van der Waals surface area contributed by atoms with Crippen molar-refractivity contribution in [3.8, 4) is 0 Å². The number of oxazole rings is 1. The van der Waals surface area contributed by atoms with Crippen LogP contribution in [0.4, 0.5) is 10.5 Å². The third kappa shape index (κ3) is 4.08. The van der Waals surface area contributed by atoms with E-state index in [-0.39, 0.29) is 12.1 Å². The molecule has 0 spiro atoms. The highest BCUT2D eigenvalue weighted by atomic mass is 35.5. The highest BCUT2D eigenvalue weighted by molar-refractivity contribution is 6.30. The van der Waals surface area contributed by atoms with E-state index in [2.05, 4.69) is 15.6 Å². The zero-order valence-corrected chi connectivity index (χ0v) is 15.9. The van der Waals surface area contributed by atoms with Gasteiger partial charge in [-0.25, -0.2) is 9.78 Å². The Morgan fingerprint density at radius 2 is 2.04 bits per heavy atom. The first kappa shape index (κ1) is 17.9. The van der Waals surface area contributed by atoms with Crippen LogP contribution in [0.3, 0.4) is 0 Å². The summed E-state index contributed by atoms with van der Waals surface area (Å²) < 4.78 is 5.48. The van der Waals surface area contributed by atoms with Crippen LogP contribution in [0.15, 0.2) is 46.9 Å². The molecule has 4 rings (SSSR count). The van der Waals surface area contributed by atoms with Gasteiger partial charge in [0.2, 0.25) is 0 Å². The SMILES string of the molecule is Cc1nc2cc(NC(=O)NC(c3cccc(Cl)c3)C3CCCC3)ccc2o1. The summed E-state index contributed by atoms with van der Waals surface area (Å²) in [7, 11) is 0. The lowest BCUT2D eigenvalue weighted by atomic mass is 9.92. The monoisotopic (exact) mass is 383 g/mol. The summed E-state index contributed by atoms with van der Waals surface area (Å²) in [5, 5.41) is 6.75. The summed E-state index contributed by atoms with van der Waals surface area (Å²) in [6.45, 7) is 1.80. The Balaban J connectivity index is 1.51. The molecule has 1 heterocycles. The van der Waals surface area contributed by atoms with Gasteiger partial charge in [-0.1, -0.05) is 36.6 Å². The molecule has 140 valence electrons. The number of rotatable bonds is 4. The number of urea groups is 1. The van der Waals surface area contributed by atoms with Gasteiger partial charge in [-0.15, -0.1) is 0 Å². The van der Waals surface area contributed by atoms with Gasteiger partial charge in [0, 0.05) is 17.6 Å². The lowest BCUT2D eigenvalue weighted by Crippen LogP contribution is -2.35. The number of carbonyl (C=O) groups excluding carboxylic acids is 1. The number of carbonyl (C=O) groups is 1. The smallest absolute Gasteiger partial charge is 0.319 e. The Labute approximate surface area is 163 Å². The van der Waals surface area contributed by atoms with E-state index >= 15 is 0 Å². The number of anilines is 1. The first-order chi connectivity index (χ1) is 13.1. The van der Waals surface area contributed by atoms with Crippen LogP contribution in [0.5, 0.6) is 0 Å². The van der Waals surface area contributed by atoms with E-state index in [1.165, 1.54) is 12.8 Å². The number of aryl methyl sites for hydroxylation is 1. The van der Waals surface area contributed by atoms with E-state index in [1.807, 2.05) is 42.5 Å². The van der Waals surface area contributed by atoms with Gasteiger partial charge in [0.25, 0.3) is 0 Å². The molecule has 1 unspecified atom stereocenters. The Morgan fingerprint density at radius 1 is 1.22 bits per heavy atom. The number of nitrogens with one attached hydrogen (secondary N) is 2. The van der Waals surface area contributed by atoms with Crippen LogP contribution < -0.4 is 10.6 Å². The lowest BCUT2D eigenvalue weighted by Gasteiger charge is -2.25. The molecule has 1 aromatic heterocycles. The van der Waals surface area contributed by atoms with Crippen molar-refractivity contribution >= 4 is 34.4 Å². The Morgan fingerprint density at radius 3 is 2.81 bits per heavy atom. The van der Waals surface area contributed by atoms with Crippen molar-refractivity contribution in [3.05, 3.63) is 58.9 Å². The van der Waals surface area contributed by atoms with E-state index in [0.717, 1.165) is 23.9 Å². The third-order valence-electron chi connectivity index (χ3n) is 5.12. The predicted octanol–water partition coefficient (Wildman–Crippen LogP) is 5.84. The van der Waals surface area contributed by atoms with Crippen LogP contribution in [0, 0.1) is 12.8 Å². The van der Waals surface area contributed by atoms with Crippen LogP contribution in [0.25, 0.3) is 11.1 Å². The van der Waals surface area contributed by atoms with Crippen molar-refractivity contribution in [2.24, 2.45) is 5.92 Å². The first-order valence-electron chi connectivity index (χ1n) is 9.29. The molecule has 27 heavy (non-hydrogen) atoms. The molecule has 0 bridgehead atoms. The summed E-state index contributed by atoms with van der Waals surface area (Å²) in [4.78, 5) is 17.0. The summed E-state index contributed by atoms with van der Waals surface area (Å²) >= 11 is 6.18. The second-order valence-corrected chi connectivity index (χ2v) is 7.53. The van der Waals surface area contributed by atoms with E-state index in [4.69, 9.17) is 16.0 Å². The number of halogens is 1.